The summed E-state index contributed by atoms with van der Waals surface area (Å²) in [5, 5.41) is 0. The van der Waals surface area contributed by atoms with Gasteiger partial charge in [0.25, 0.3) is 0 Å². The van der Waals surface area contributed by atoms with Gasteiger partial charge in [-0.1, -0.05) is 42.5 Å². The number of rotatable bonds is 7. The molecule has 2 aromatic rings. The van der Waals surface area contributed by atoms with Crippen LogP contribution >= 0.6 is 0 Å². The van der Waals surface area contributed by atoms with Crippen molar-refractivity contribution in [3.05, 3.63) is 71.3 Å². The first-order valence-electron chi connectivity index (χ1n) is 8.05. The molecule has 2 N–H and O–H groups in total. The number of carbonyl (C=O) groups is 2. The summed E-state index contributed by atoms with van der Waals surface area (Å²) in [4.78, 5) is 22.2. The predicted octanol–water partition coefficient (Wildman–Crippen LogP) is 2.37. The molecule has 9 heteroatoms. The van der Waals surface area contributed by atoms with E-state index in [1.54, 1.807) is 0 Å². The van der Waals surface area contributed by atoms with Crippen LogP contribution in [0.25, 0.3) is 0 Å². The SMILES string of the molecule is N[C@@H](COCc1ccc(C(=O)OC(=O)C(F)(F)F)cc1)Cc1ccccc1.[NaH]. The standard InChI is InChI=1S/C19H18F3NO4.Na.H/c20-19(21,22)18(25)27-17(24)15-8-6-14(7-9-15)11-26-12-16(23)10-13-4-2-1-3-5-13;;/h1-9,16H,10-12,23H2;;/t16-;;/m1../s1. The zero-order chi connectivity index (χ0) is 19.9. The van der Waals surface area contributed by atoms with E-state index in [2.05, 4.69) is 4.74 Å². The third kappa shape index (κ3) is 8.12. The molecule has 0 heterocycles. The molecule has 0 aliphatic rings. The minimum atomic E-state index is -5.22. The summed E-state index contributed by atoms with van der Waals surface area (Å²) in [7, 11) is 0. The van der Waals surface area contributed by atoms with E-state index in [1.165, 1.54) is 24.3 Å². The molecular weight excluding hydrogens is 386 g/mol. The fraction of sp³-hybridized carbons (Fsp3) is 0.263. The molecule has 0 fully saturated rings. The van der Waals surface area contributed by atoms with E-state index in [-0.39, 0.29) is 47.8 Å². The van der Waals surface area contributed by atoms with Gasteiger partial charge in [0.05, 0.1) is 18.8 Å². The molecule has 0 radical (unpaired) electrons. The molecule has 0 amide bonds. The van der Waals surface area contributed by atoms with Gasteiger partial charge in [0.1, 0.15) is 0 Å². The number of halogens is 3. The summed E-state index contributed by atoms with van der Waals surface area (Å²) in [5.74, 6) is -3.91. The van der Waals surface area contributed by atoms with Crippen molar-refractivity contribution in [3.63, 3.8) is 0 Å². The number of hydrogen-bond acceptors (Lipinski definition) is 5. The van der Waals surface area contributed by atoms with Crippen molar-refractivity contribution in [2.24, 2.45) is 5.73 Å². The average Bonchev–Trinajstić information content (AvgIpc) is 2.62. The molecule has 0 unspecified atom stereocenters. The van der Waals surface area contributed by atoms with E-state index in [1.807, 2.05) is 30.3 Å². The van der Waals surface area contributed by atoms with Gasteiger partial charge in [-0.15, -0.1) is 0 Å². The molecule has 0 aliphatic carbocycles. The van der Waals surface area contributed by atoms with Crippen LogP contribution in [0.1, 0.15) is 21.5 Å². The second-order valence-corrected chi connectivity index (χ2v) is 5.84. The number of carbonyl (C=O) groups excluding carboxylic acids is 2. The van der Waals surface area contributed by atoms with E-state index in [4.69, 9.17) is 10.5 Å². The van der Waals surface area contributed by atoms with Crippen LogP contribution in [0.2, 0.25) is 0 Å². The molecule has 0 saturated heterocycles. The van der Waals surface area contributed by atoms with Crippen LogP contribution in [0.3, 0.4) is 0 Å². The van der Waals surface area contributed by atoms with E-state index in [0.29, 0.717) is 18.6 Å². The molecule has 2 rings (SSSR count). The van der Waals surface area contributed by atoms with Crippen molar-refractivity contribution in [1.29, 1.82) is 0 Å². The third-order valence-electron chi connectivity index (χ3n) is 3.55. The summed E-state index contributed by atoms with van der Waals surface area (Å²) in [6.45, 7) is 0.540. The molecule has 0 aliphatic heterocycles. The summed E-state index contributed by atoms with van der Waals surface area (Å²) >= 11 is 0. The summed E-state index contributed by atoms with van der Waals surface area (Å²) < 4.78 is 45.5. The molecule has 5 nitrogen and oxygen atoms in total. The van der Waals surface area contributed by atoms with Gasteiger partial charge in [-0.05, 0) is 29.7 Å². The Hall–Kier alpha value is -1.71. The van der Waals surface area contributed by atoms with Gasteiger partial charge in [0.15, 0.2) is 0 Å². The van der Waals surface area contributed by atoms with Crippen molar-refractivity contribution in [3.8, 4) is 0 Å². The average molecular weight is 405 g/mol. The summed E-state index contributed by atoms with van der Waals surface area (Å²) in [6.07, 6.45) is -4.55. The molecule has 0 aromatic heterocycles. The first-order valence-corrected chi connectivity index (χ1v) is 8.05. The van der Waals surface area contributed by atoms with Crippen molar-refractivity contribution in [1.82, 2.24) is 0 Å². The quantitative estimate of drug-likeness (QED) is 0.435. The second-order valence-electron chi connectivity index (χ2n) is 5.84. The molecule has 28 heavy (non-hydrogen) atoms. The summed E-state index contributed by atoms with van der Waals surface area (Å²) in [6, 6.07) is 15.1. The van der Waals surface area contributed by atoms with Gasteiger partial charge in [-0.3, -0.25) is 0 Å². The van der Waals surface area contributed by atoms with Crippen molar-refractivity contribution in [2.45, 2.75) is 25.2 Å². The Labute approximate surface area is 182 Å². The van der Waals surface area contributed by atoms with Gasteiger partial charge in [0.2, 0.25) is 0 Å². The Morgan fingerprint density at radius 1 is 0.964 bits per heavy atom. The molecule has 1 atom stereocenters. The second kappa shape index (κ2) is 11.3. The van der Waals surface area contributed by atoms with Crippen LogP contribution in [0.15, 0.2) is 54.6 Å². The molecule has 0 bridgehead atoms. The van der Waals surface area contributed by atoms with Crippen LogP contribution in [-0.4, -0.2) is 60.3 Å². The van der Waals surface area contributed by atoms with Crippen LogP contribution in [0.4, 0.5) is 13.2 Å². The zero-order valence-electron chi connectivity index (χ0n) is 14.2. The minimum absolute atomic E-state index is 0. The first-order chi connectivity index (χ1) is 12.8. The predicted molar refractivity (Wildman–Crippen MR) is 97.8 cm³/mol. The fourth-order valence-electron chi connectivity index (χ4n) is 2.24. The van der Waals surface area contributed by atoms with Crippen molar-refractivity contribution >= 4 is 41.5 Å². The maximum atomic E-state index is 12.1. The third-order valence-corrected chi connectivity index (χ3v) is 3.55. The molecular formula is C19H19F3NNaO4. The number of hydrogen-bond donors (Lipinski definition) is 1. The van der Waals surface area contributed by atoms with E-state index in [9.17, 15) is 22.8 Å². The number of alkyl halides is 3. The van der Waals surface area contributed by atoms with Crippen LogP contribution in [-0.2, 0) is 27.3 Å². The van der Waals surface area contributed by atoms with E-state index >= 15 is 0 Å². The van der Waals surface area contributed by atoms with Gasteiger partial charge >= 0.3 is 47.7 Å². The van der Waals surface area contributed by atoms with Gasteiger partial charge in [0, 0.05) is 6.04 Å². The zero-order valence-corrected chi connectivity index (χ0v) is 14.2. The Morgan fingerprint density at radius 3 is 2.14 bits per heavy atom. The first kappa shape index (κ1) is 24.3. The monoisotopic (exact) mass is 405 g/mol. The van der Waals surface area contributed by atoms with Crippen LogP contribution < -0.4 is 5.73 Å². The van der Waals surface area contributed by atoms with Crippen LogP contribution in [0.5, 0.6) is 0 Å². The van der Waals surface area contributed by atoms with Gasteiger partial charge < -0.3 is 15.2 Å². The van der Waals surface area contributed by atoms with Crippen molar-refractivity contribution < 1.29 is 32.2 Å². The molecule has 146 valence electrons. The Balaban J connectivity index is 0.00000392. The van der Waals surface area contributed by atoms with Crippen molar-refractivity contribution in [2.75, 3.05) is 6.61 Å². The number of esters is 2. The van der Waals surface area contributed by atoms with E-state index < -0.39 is 18.1 Å². The topological polar surface area (TPSA) is 78.6 Å². The fourth-order valence-corrected chi connectivity index (χ4v) is 2.24. The maximum absolute atomic E-state index is 12.1. The Morgan fingerprint density at radius 2 is 1.57 bits per heavy atom. The summed E-state index contributed by atoms with van der Waals surface area (Å²) in [5.41, 5.74) is 7.63. The normalized spacial score (nSPS) is 12.0. The molecule has 0 saturated carbocycles. The molecule has 0 spiro atoms. The number of benzene rings is 2. The van der Waals surface area contributed by atoms with E-state index in [0.717, 1.165) is 5.56 Å². The van der Waals surface area contributed by atoms with Gasteiger partial charge in [-0.25, -0.2) is 9.59 Å². The number of nitrogens with two attached hydrogens (primary N) is 1. The number of ether oxygens (including phenoxy) is 2. The Kier molecular flexibility index (Phi) is 9.84. The van der Waals surface area contributed by atoms with Crippen LogP contribution in [0, 0.1) is 0 Å². The molecule has 2 aromatic carbocycles. The Bertz CT molecular complexity index is 767. The van der Waals surface area contributed by atoms with Gasteiger partial charge in [-0.2, -0.15) is 13.2 Å².